The molecule has 1 N–H and O–H groups in total. The molecule has 0 aromatic carbocycles. The van der Waals surface area contributed by atoms with Crippen molar-refractivity contribution in [1.29, 1.82) is 0 Å². The molecule has 0 spiro atoms. The standard InChI is InChI=1S/C10H18N4/c1-7(2)14-8(3)10(12-13-14)9-5-4-6-11-9/h7,9,11H,4-6H2,1-3H3. The highest BCUT2D eigenvalue weighted by Crippen LogP contribution is 2.24. The molecular weight excluding hydrogens is 176 g/mol. The van der Waals surface area contributed by atoms with Gasteiger partial charge in [-0.05, 0) is 40.2 Å². The maximum absolute atomic E-state index is 4.27. The number of nitrogens with one attached hydrogen (secondary N) is 1. The second-order valence-corrected chi connectivity index (χ2v) is 4.25. The third-order valence-electron chi connectivity index (χ3n) is 2.84. The van der Waals surface area contributed by atoms with Gasteiger partial charge in [0.25, 0.3) is 0 Å². The van der Waals surface area contributed by atoms with E-state index in [1.54, 1.807) is 0 Å². The van der Waals surface area contributed by atoms with Gasteiger partial charge < -0.3 is 5.32 Å². The Balaban J connectivity index is 2.26. The summed E-state index contributed by atoms with van der Waals surface area (Å²) in [7, 11) is 0. The van der Waals surface area contributed by atoms with Crippen LogP contribution in [0, 0.1) is 6.92 Å². The molecule has 0 radical (unpaired) electrons. The van der Waals surface area contributed by atoms with Gasteiger partial charge >= 0.3 is 0 Å². The molecule has 0 aliphatic carbocycles. The summed E-state index contributed by atoms with van der Waals surface area (Å²) in [5, 5.41) is 11.9. The van der Waals surface area contributed by atoms with Gasteiger partial charge in [-0.15, -0.1) is 5.10 Å². The molecule has 1 aliphatic heterocycles. The van der Waals surface area contributed by atoms with Crippen molar-refractivity contribution >= 4 is 0 Å². The highest BCUT2D eigenvalue weighted by molar-refractivity contribution is 5.14. The van der Waals surface area contributed by atoms with E-state index in [4.69, 9.17) is 0 Å². The van der Waals surface area contributed by atoms with E-state index >= 15 is 0 Å². The molecule has 14 heavy (non-hydrogen) atoms. The lowest BCUT2D eigenvalue weighted by molar-refractivity contribution is 0.502. The average molecular weight is 194 g/mol. The molecule has 1 fully saturated rings. The van der Waals surface area contributed by atoms with Crippen LogP contribution in [0.2, 0.25) is 0 Å². The predicted octanol–water partition coefficient (Wildman–Crippen LogP) is 1.59. The third-order valence-corrected chi connectivity index (χ3v) is 2.84. The fraction of sp³-hybridized carbons (Fsp3) is 0.800. The van der Waals surface area contributed by atoms with Gasteiger partial charge in [0.2, 0.25) is 0 Å². The van der Waals surface area contributed by atoms with Crippen LogP contribution in [0.25, 0.3) is 0 Å². The van der Waals surface area contributed by atoms with Crippen LogP contribution in [-0.2, 0) is 0 Å². The second-order valence-electron chi connectivity index (χ2n) is 4.25. The van der Waals surface area contributed by atoms with Crippen molar-refractivity contribution < 1.29 is 0 Å². The highest BCUT2D eigenvalue weighted by Gasteiger charge is 2.22. The molecule has 1 aromatic rings. The van der Waals surface area contributed by atoms with E-state index in [9.17, 15) is 0 Å². The molecule has 2 heterocycles. The zero-order valence-electron chi connectivity index (χ0n) is 9.12. The van der Waals surface area contributed by atoms with Crippen molar-refractivity contribution in [3.8, 4) is 0 Å². The van der Waals surface area contributed by atoms with Crippen LogP contribution in [-0.4, -0.2) is 21.5 Å². The Morgan fingerprint density at radius 3 is 2.79 bits per heavy atom. The van der Waals surface area contributed by atoms with E-state index < -0.39 is 0 Å². The molecule has 0 saturated carbocycles. The smallest absolute Gasteiger partial charge is 0.103 e. The molecule has 1 unspecified atom stereocenters. The summed E-state index contributed by atoms with van der Waals surface area (Å²) in [5.41, 5.74) is 2.34. The van der Waals surface area contributed by atoms with Gasteiger partial charge in [-0.25, -0.2) is 4.68 Å². The van der Waals surface area contributed by atoms with E-state index in [1.807, 2.05) is 4.68 Å². The summed E-state index contributed by atoms with van der Waals surface area (Å²) in [5.74, 6) is 0. The largest absolute Gasteiger partial charge is 0.309 e. The fourth-order valence-electron chi connectivity index (χ4n) is 2.08. The minimum absolute atomic E-state index is 0.401. The van der Waals surface area contributed by atoms with Gasteiger partial charge in [-0.2, -0.15) is 0 Å². The first-order valence-electron chi connectivity index (χ1n) is 5.35. The lowest BCUT2D eigenvalue weighted by Gasteiger charge is -2.10. The van der Waals surface area contributed by atoms with Crippen molar-refractivity contribution in [3.63, 3.8) is 0 Å². The van der Waals surface area contributed by atoms with Crippen LogP contribution < -0.4 is 5.32 Å². The van der Waals surface area contributed by atoms with Gasteiger partial charge in [0, 0.05) is 6.04 Å². The zero-order valence-corrected chi connectivity index (χ0v) is 9.12. The average Bonchev–Trinajstić information content (AvgIpc) is 2.71. The number of rotatable bonds is 2. The molecule has 1 saturated heterocycles. The van der Waals surface area contributed by atoms with Crippen LogP contribution in [0.4, 0.5) is 0 Å². The van der Waals surface area contributed by atoms with Gasteiger partial charge in [-0.3, -0.25) is 0 Å². The molecular formula is C10H18N4. The molecule has 1 aliphatic rings. The van der Waals surface area contributed by atoms with Crippen molar-refractivity contribution in [3.05, 3.63) is 11.4 Å². The molecule has 1 atom stereocenters. The number of nitrogens with zero attached hydrogens (tertiary/aromatic N) is 3. The van der Waals surface area contributed by atoms with Crippen molar-refractivity contribution in [2.45, 2.75) is 45.7 Å². The predicted molar refractivity (Wildman–Crippen MR) is 55.1 cm³/mol. The molecule has 4 nitrogen and oxygen atoms in total. The van der Waals surface area contributed by atoms with Gasteiger partial charge in [0.1, 0.15) is 5.69 Å². The second kappa shape index (κ2) is 3.69. The first-order chi connectivity index (χ1) is 6.70. The van der Waals surface area contributed by atoms with Gasteiger partial charge in [0.15, 0.2) is 0 Å². The summed E-state index contributed by atoms with van der Waals surface area (Å²) < 4.78 is 2.00. The summed E-state index contributed by atoms with van der Waals surface area (Å²) in [6.45, 7) is 7.48. The van der Waals surface area contributed by atoms with Crippen LogP contribution in [0.1, 0.15) is 50.2 Å². The van der Waals surface area contributed by atoms with Crippen LogP contribution in [0.5, 0.6) is 0 Å². The van der Waals surface area contributed by atoms with Crippen LogP contribution in [0.3, 0.4) is 0 Å². The third kappa shape index (κ3) is 1.54. The molecule has 4 heteroatoms. The maximum atomic E-state index is 4.27. The molecule has 0 amide bonds. The van der Waals surface area contributed by atoms with E-state index in [0.29, 0.717) is 12.1 Å². The molecule has 0 bridgehead atoms. The quantitative estimate of drug-likeness (QED) is 0.777. The van der Waals surface area contributed by atoms with Gasteiger partial charge in [0.05, 0.1) is 11.7 Å². The Bertz CT molecular complexity index is 310. The maximum Gasteiger partial charge on any atom is 0.103 e. The minimum atomic E-state index is 0.401. The van der Waals surface area contributed by atoms with Crippen LogP contribution in [0.15, 0.2) is 0 Å². The summed E-state index contributed by atoms with van der Waals surface area (Å²) in [4.78, 5) is 0. The van der Waals surface area contributed by atoms with Crippen molar-refractivity contribution in [1.82, 2.24) is 20.3 Å². The first-order valence-corrected chi connectivity index (χ1v) is 5.35. The van der Waals surface area contributed by atoms with Crippen molar-refractivity contribution in [2.75, 3.05) is 6.54 Å². The Hall–Kier alpha value is -0.900. The van der Waals surface area contributed by atoms with E-state index in [1.165, 1.54) is 18.5 Å². The van der Waals surface area contributed by atoms with E-state index in [2.05, 4.69) is 36.4 Å². The number of hydrogen-bond acceptors (Lipinski definition) is 3. The SMILES string of the molecule is Cc1c(C2CCCN2)nnn1C(C)C. The monoisotopic (exact) mass is 194 g/mol. The topological polar surface area (TPSA) is 42.7 Å². The Morgan fingerprint density at radius 1 is 1.50 bits per heavy atom. The van der Waals surface area contributed by atoms with Crippen LogP contribution >= 0.6 is 0 Å². The number of hydrogen-bond donors (Lipinski definition) is 1. The van der Waals surface area contributed by atoms with Gasteiger partial charge in [-0.1, -0.05) is 5.21 Å². The van der Waals surface area contributed by atoms with Crippen molar-refractivity contribution in [2.24, 2.45) is 0 Å². The zero-order chi connectivity index (χ0) is 10.1. The summed E-state index contributed by atoms with van der Waals surface area (Å²) in [6, 6.07) is 0.833. The van der Waals surface area contributed by atoms with E-state index in [-0.39, 0.29) is 0 Å². The normalized spacial score (nSPS) is 22.1. The lowest BCUT2D eigenvalue weighted by atomic mass is 10.1. The summed E-state index contributed by atoms with van der Waals surface area (Å²) in [6.07, 6.45) is 2.44. The highest BCUT2D eigenvalue weighted by atomic mass is 15.4. The lowest BCUT2D eigenvalue weighted by Crippen LogP contribution is -2.14. The Labute approximate surface area is 84.7 Å². The first kappa shape index (κ1) is 9.65. The Kier molecular flexibility index (Phi) is 2.54. The summed E-state index contributed by atoms with van der Waals surface area (Å²) >= 11 is 0. The molecule has 1 aromatic heterocycles. The number of aromatic nitrogens is 3. The Morgan fingerprint density at radius 2 is 2.29 bits per heavy atom. The fourth-order valence-corrected chi connectivity index (χ4v) is 2.08. The van der Waals surface area contributed by atoms with E-state index in [0.717, 1.165) is 12.2 Å². The molecule has 2 rings (SSSR count). The molecule has 78 valence electrons. The minimum Gasteiger partial charge on any atom is -0.309 e.